The highest BCUT2D eigenvalue weighted by Crippen LogP contribution is 2.27. The molecule has 4 aromatic carbocycles. The second-order valence-corrected chi connectivity index (χ2v) is 8.43. The predicted molar refractivity (Wildman–Crippen MR) is 138 cm³/mol. The average Bonchev–Trinajstić information content (AvgIpc) is 2.85. The number of nitrogens with one attached hydrogen (secondary N) is 1. The van der Waals surface area contributed by atoms with Crippen LogP contribution in [0.4, 0.5) is 5.69 Å². The fourth-order valence-corrected chi connectivity index (χ4v) is 4.13. The molecule has 0 spiro atoms. The van der Waals surface area contributed by atoms with Gasteiger partial charge < -0.3 is 14.8 Å². The van der Waals surface area contributed by atoms with Crippen LogP contribution in [-0.4, -0.2) is 13.0 Å². The summed E-state index contributed by atoms with van der Waals surface area (Å²) in [4.78, 5) is 13.0. The maximum absolute atomic E-state index is 13.0. The third-order valence-corrected chi connectivity index (χ3v) is 5.81. The van der Waals surface area contributed by atoms with Gasteiger partial charge in [0.2, 0.25) is 0 Å². The van der Waals surface area contributed by atoms with Gasteiger partial charge in [0.05, 0.1) is 7.11 Å². The average molecular weight is 452 g/mol. The van der Waals surface area contributed by atoms with E-state index < -0.39 is 0 Å². The number of aryl methyl sites for hydroxylation is 3. The Labute approximate surface area is 201 Å². The van der Waals surface area contributed by atoms with Gasteiger partial charge in [-0.25, -0.2) is 0 Å². The summed E-state index contributed by atoms with van der Waals surface area (Å²) >= 11 is 0. The van der Waals surface area contributed by atoms with Crippen LogP contribution in [-0.2, 0) is 6.61 Å². The second-order valence-electron chi connectivity index (χ2n) is 8.43. The van der Waals surface area contributed by atoms with E-state index in [1.165, 1.54) is 5.56 Å². The van der Waals surface area contributed by atoms with E-state index in [1.54, 1.807) is 19.2 Å². The molecule has 4 nitrogen and oxygen atoms in total. The first-order valence-electron chi connectivity index (χ1n) is 11.3. The molecule has 172 valence electrons. The number of anilines is 1. The van der Waals surface area contributed by atoms with Crippen molar-refractivity contribution in [3.8, 4) is 22.6 Å². The topological polar surface area (TPSA) is 47.6 Å². The molecule has 0 saturated carbocycles. The lowest BCUT2D eigenvalue weighted by atomic mass is 10.0. The fourth-order valence-electron chi connectivity index (χ4n) is 4.13. The minimum atomic E-state index is -0.161. The van der Waals surface area contributed by atoms with E-state index in [0.29, 0.717) is 11.3 Å². The van der Waals surface area contributed by atoms with E-state index in [2.05, 4.69) is 36.5 Å². The molecule has 0 fully saturated rings. The maximum Gasteiger partial charge on any atom is 0.255 e. The van der Waals surface area contributed by atoms with Gasteiger partial charge in [-0.15, -0.1) is 0 Å². The molecule has 4 rings (SSSR count). The zero-order chi connectivity index (χ0) is 24.1. The molecular formula is C30H29NO3. The molecule has 1 N–H and O–H groups in total. The lowest BCUT2D eigenvalue weighted by molar-refractivity contribution is 0.102. The molecule has 4 heteroatoms. The van der Waals surface area contributed by atoms with Gasteiger partial charge >= 0.3 is 0 Å². The molecule has 1 amide bonds. The summed E-state index contributed by atoms with van der Waals surface area (Å²) in [7, 11) is 1.62. The number of carbonyl (C=O) groups is 1. The summed E-state index contributed by atoms with van der Waals surface area (Å²) in [6.45, 7) is 6.35. The van der Waals surface area contributed by atoms with Crippen molar-refractivity contribution in [3.63, 3.8) is 0 Å². The molecule has 0 saturated heterocycles. The van der Waals surface area contributed by atoms with E-state index in [0.717, 1.165) is 39.3 Å². The van der Waals surface area contributed by atoms with E-state index in [-0.39, 0.29) is 12.5 Å². The predicted octanol–water partition coefficient (Wildman–Crippen LogP) is 7.12. The molecule has 0 aliphatic rings. The Morgan fingerprint density at radius 2 is 1.44 bits per heavy atom. The molecule has 0 aliphatic carbocycles. The number of rotatable bonds is 7. The van der Waals surface area contributed by atoms with Crippen LogP contribution in [0.3, 0.4) is 0 Å². The first kappa shape index (κ1) is 23.1. The summed E-state index contributed by atoms with van der Waals surface area (Å²) in [5, 5.41) is 3.06. The Bertz CT molecular complexity index is 1270. The fraction of sp³-hybridized carbons (Fsp3) is 0.167. The smallest absolute Gasteiger partial charge is 0.255 e. The third kappa shape index (κ3) is 5.29. The van der Waals surface area contributed by atoms with Crippen LogP contribution in [0.25, 0.3) is 11.1 Å². The molecular weight excluding hydrogens is 422 g/mol. The number of hydrogen-bond donors (Lipinski definition) is 1. The van der Waals surface area contributed by atoms with Crippen LogP contribution in [0.2, 0.25) is 0 Å². The molecule has 0 aliphatic heterocycles. The van der Waals surface area contributed by atoms with Crippen molar-refractivity contribution in [1.82, 2.24) is 0 Å². The van der Waals surface area contributed by atoms with E-state index >= 15 is 0 Å². The second kappa shape index (κ2) is 10.3. The van der Waals surface area contributed by atoms with Gasteiger partial charge in [0.25, 0.3) is 5.91 Å². The number of hydrogen-bond acceptors (Lipinski definition) is 3. The van der Waals surface area contributed by atoms with Crippen LogP contribution < -0.4 is 14.8 Å². The summed E-state index contributed by atoms with van der Waals surface area (Å²) < 4.78 is 11.5. The third-order valence-electron chi connectivity index (χ3n) is 5.81. The van der Waals surface area contributed by atoms with Crippen molar-refractivity contribution < 1.29 is 14.3 Å². The first-order chi connectivity index (χ1) is 16.4. The standard InChI is InChI=1S/C30H29NO3/c1-20-16-21(2)29(22(3)17-20)31-30(32)25-12-15-28(33-4)26(18-25)19-34-27-13-10-24(11-14-27)23-8-6-5-7-9-23/h5-18H,19H2,1-4H3,(H,31,32). The van der Waals surface area contributed by atoms with Crippen LogP contribution in [0.1, 0.15) is 32.6 Å². The van der Waals surface area contributed by atoms with Gasteiger partial charge in [0.1, 0.15) is 18.1 Å². The zero-order valence-corrected chi connectivity index (χ0v) is 20.0. The molecule has 0 unspecified atom stereocenters. The van der Waals surface area contributed by atoms with Crippen molar-refractivity contribution in [3.05, 3.63) is 113 Å². The summed E-state index contributed by atoms with van der Waals surface area (Å²) in [6.07, 6.45) is 0. The highest BCUT2D eigenvalue weighted by atomic mass is 16.5. The van der Waals surface area contributed by atoms with Crippen LogP contribution >= 0.6 is 0 Å². The summed E-state index contributed by atoms with van der Waals surface area (Å²) in [5.74, 6) is 1.27. The minimum Gasteiger partial charge on any atom is -0.496 e. The zero-order valence-electron chi connectivity index (χ0n) is 20.0. The molecule has 0 atom stereocenters. The summed E-state index contributed by atoms with van der Waals surface area (Å²) in [6, 6.07) is 27.7. The van der Waals surface area contributed by atoms with Crippen molar-refractivity contribution in [2.24, 2.45) is 0 Å². The summed E-state index contributed by atoms with van der Waals surface area (Å²) in [5.41, 5.74) is 7.76. The lowest BCUT2D eigenvalue weighted by Crippen LogP contribution is -2.14. The largest absolute Gasteiger partial charge is 0.496 e. The normalized spacial score (nSPS) is 10.6. The number of benzene rings is 4. The van der Waals surface area contributed by atoms with Crippen molar-refractivity contribution >= 4 is 11.6 Å². The van der Waals surface area contributed by atoms with E-state index in [4.69, 9.17) is 9.47 Å². The van der Waals surface area contributed by atoms with Crippen LogP contribution in [0.5, 0.6) is 11.5 Å². The van der Waals surface area contributed by atoms with Crippen LogP contribution in [0.15, 0.2) is 84.9 Å². The monoisotopic (exact) mass is 451 g/mol. The van der Waals surface area contributed by atoms with Crippen molar-refractivity contribution in [2.45, 2.75) is 27.4 Å². The number of amides is 1. The molecule has 34 heavy (non-hydrogen) atoms. The van der Waals surface area contributed by atoms with Crippen LogP contribution in [0, 0.1) is 20.8 Å². The Balaban J connectivity index is 1.49. The minimum absolute atomic E-state index is 0.161. The Hall–Kier alpha value is -4.05. The number of methoxy groups -OCH3 is 1. The lowest BCUT2D eigenvalue weighted by Gasteiger charge is -2.15. The quantitative estimate of drug-likeness (QED) is 0.325. The molecule has 0 heterocycles. The van der Waals surface area contributed by atoms with E-state index in [1.807, 2.05) is 62.4 Å². The van der Waals surface area contributed by atoms with Gasteiger partial charge in [-0.2, -0.15) is 0 Å². The van der Waals surface area contributed by atoms with Gasteiger partial charge in [-0.1, -0.05) is 60.2 Å². The first-order valence-corrected chi connectivity index (χ1v) is 11.3. The molecule has 0 bridgehead atoms. The Kier molecular flexibility index (Phi) is 6.98. The van der Waals surface area contributed by atoms with Gasteiger partial charge in [0, 0.05) is 16.8 Å². The highest BCUT2D eigenvalue weighted by Gasteiger charge is 2.14. The van der Waals surface area contributed by atoms with Crippen molar-refractivity contribution in [1.29, 1.82) is 0 Å². The van der Waals surface area contributed by atoms with Gasteiger partial charge in [-0.05, 0) is 73.4 Å². The Morgan fingerprint density at radius 1 is 0.794 bits per heavy atom. The van der Waals surface area contributed by atoms with Gasteiger partial charge in [-0.3, -0.25) is 4.79 Å². The molecule has 4 aromatic rings. The Morgan fingerprint density at radius 3 is 2.09 bits per heavy atom. The van der Waals surface area contributed by atoms with Crippen molar-refractivity contribution in [2.75, 3.05) is 12.4 Å². The number of carbonyl (C=O) groups excluding carboxylic acids is 1. The highest BCUT2D eigenvalue weighted by molar-refractivity contribution is 6.05. The number of ether oxygens (including phenoxy) is 2. The van der Waals surface area contributed by atoms with Gasteiger partial charge in [0.15, 0.2) is 0 Å². The maximum atomic E-state index is 13.0. The van der Waals surface area contributed by atoms with E-state index in [9.17, 15) is 4.79 Å². The SMILES string of the molecule is COc1ccc(C(=O)Nc2c(C)cc(C)cc2C)cc1COc1ccc(-c2ccccc2)cc1. The molecule has 0 aromatic heterocycles. The molecule has 0 radical (unpaired) electrons.